The van der Waals surface area contributed by atoms with Gasteiger partial charge in [-0.3, -0.25) is 18.7 Å². The molecular weight excluding hydrogens is 436 g/mol. The van der Waals surface area contributed by atoms with Gasteiger partial charge in [-0.1, -0.05) is 0 Å². The predicted molar refractivity (Wildman–Crippen MR) is 100 cm³/mol. The van der Waals surface area contributed by atoms with Gasteiger partial charge in [-0.25, -0.2) is 9.59 Å². The summed E-state index contributed by atoms with van der Waals surface area (Å²) in [6, 6.07) is 0.905. The van der Waals surface area contributed by atoms with Gasteiger partial charge in [0.1, 0.15) is 25.3 Å². The van der Waals surface area contributed by atoms with Crippen LogP contribution in [0, 0.1) is 0 Å². The SMILES string of the molecule is O=C(O)CC(C(=O)OCCOC(=O)C(CC(=O)O)n1c(O)ccc1O)n1c(O)ccc1O. The second-order valence-electron chi connectivity index (χ2n) is 6.40. The third kappa shape index (κ3) is 5.62. The molecule has 14 nitrogen and oxygen atoms in total. The number of carboxylic acid groups (broad SMARTS) is 2. The highest BCUT2D eigenvalue weighted by Gasteiger charge is 2.31. The van der Waals surface area contributed by atoms with Gasteiger partial charge in [0.05, 0.1) is 12.8 Å². The summed E-state index contributed by atoms with van der Waals surface area (Å²) in [5.74, 6) is -7.50. The number of carbonyl (C=O) groups excluding carboxylic acids is 2. The molecule has 0 aliphatic heterocycles. The molecule has 32 heavy (non-hydrogen) atoms. The smallest absolute Gasteiger partial charge is 0.330 e. The highest BCUT2D eigenvalue weighted by molar-refractivity contribution is 5.82. The Balaban J connectivity index is 2.00. The Labute approximate surface area is 179 Å². The minimum absolute atomic E-state index is 0.576. The third-order valence-corrected chi connectivity index (χ3v) is 4.23. The molecule has 0 saturated carbocycles. The van der Waals surface area contributed by atoms with Gasteiger partial charge in [0.15, 0.2) is 23.5 Å². The molecule has 0 spiro atoms. The molecule has 174 valence electrons. The van der Waals surface area contributed by atoms with Gasteiger partial charge < -0.3 is 40.1 Å². The highest BCUT2D eigenvalue weighted by Crippen LogP contribution is 2.30. The molecular formula is C18H20N2O12. The molecule has 0 aliphatic carbocycles. The monoisotopic (exact) mass is 456 g/mol. The van der Waals surface area contributed by atoms with Crippen LogP contribution in [0.5, 0.6) is 23.5 Å². The van der Waals surface area contributed by atoms with Crippen molar-refractivity contribution in [3.8, 4) is 23.5 Å². The minimum Gasteiger partial charge on any atom is -0.494 e. The fourth-order valence-electron chi connectivity index (χ4n) is 2.86. The zero-order chi connectivity index (χ0) is 24.0. The van der Waals surface area contributed by atoms with Crippen LogP contribution in [0.3, 0.4) is 0 Å². The number of nitrogens with zero attached hydrogens (tertiary/aromatic N) is 2. The number of ether oxygens (including phenoxy) is 2. The summed E-state index contributed by atoms with van der Waals surface area (Å²) >= 11 is 0. The topological polar surface area (TPSA) is 218 Å². The first-order chi connectivity index (χ1) is 15.0. The first-order valence-electron chi connectivity index (χ1n) is 8.98. The fraction of sp³-hybridized carbons (Fsp3) is 0.333. The molecule has 14 heteroatoms. The summed E-state index contributed by atoms with van der Waals surface area (Å²) < 4.78 is 11.0. The van der Waals surface area contributed by atoms with Crippen molar-refractivity contribution in [3.63, 3.8) is 0 Å². The maximum absolute atomic E-state index is 12.3. The molecule has 0 bridgehead atoms. The summed E-state index contributed by atoms with van der Waals surface area (Å²) in [5, 5.41) is 56.8. The number of hydrogen-bond donors (Lipinski definition) is 6. The van der Waals surface area contributed by atoms with Gasteiger partial charge in [-0.05, 0) is 0 Å². The molecule has 2 aromatic rings. The normalized spacial score (nSPS) is 12.6. The number of aliphatic carboxylic acids is 2. The number of aromatic nitrogens is 2. The number of esters is 2. The molecule has 0 radical (unpaired) electrons. The Morgan fingerprint density at radius 2 is 0.938 bits per heavy atom. The van der Waals surface area contributed by atoms with Gasteiger partial charge in [-0.15, -0.1) is 0 Å². The van der Waals surface area contributed by atoms with Crippen molar-refractivity contribution in [1.29, 1.82) is 0 Å². The van der Waals surface area contributed by atoms with Crippen LogP contribution in [0.15, 0.2) is 24.3 Å². The van der Waals surface area contributed by atoms with E-state index in [9.17, 15) is 39.6 Å². The summed E-state index contributed by atoms with van der Waals surface area (Å²) in [5.41, 5.74) is 0. The average Bonchev–Trinajstić information content (AvgIpc) is 3.21. The van der Waals surface area contributed by atoms with Crippen molar-refractivity contribution in [2.75, 3.05) is 13.2 Å². The lowest BCUT2D eigenvalue weighted by Gasteiger charge is -2.19. The van der Waals surface area contributed by atoms with Crippen molar-refractivity contribution in [2.45, 2.75) is 24.9 Å². The average molecular weight is 456 g/mol. The quantitative estimate of drug-likeness (QED) is 0.193. The van der Waals surface area contributed by atoms with E-state index in [4.69, 9.17) is 19.7 Å². The van der Waals surface area contributed by atoms with Crippen LogP contribution in [0.4, 0.5) is 0 Å². The van der Waals surface area contributed by atoms with E-state index in [0.29, 0.717) is 9.13 Å². The molecule has 0 amide bonds. The van der Waals surface area contributed by atoms with Gasteiger partial charge in [0, 0.05) is 24.3 Å². The fourth-order valence-corrected chi connectivity index (χ4v) is 2.86. The molecule has 0 fully saturated rings. The molecule has 2 aromatic heterocycles. The van der Waals surface area contributed by atoms with Crippen molar-refractivity contribution in [2.24, 2.45) is 0 Å². The Morgan fingerprint density at radius 3 is 1.19 bits per heavy atom. The Morgan fingerprint density at radius 1 is 0.656 bits per heavy atom. The van der Waals surface area contributed by atoms with Crippen LogP contribution in [0.1, 0.15) is 24.9 Å². The van der Waals surface area contributed by atoms with E-state index in [1.807, 2.05) is 0 Å². The van der Waals surface area contributed by atoms with Gasteiger partial charge in [0.25, 0.3) is 0 Å². The second kappa shape index (κ2) is 10.1. The highest BCUT2D eigenvalue weighted by atomic mass is 16.6. The minimum atomic E-state index is -1.62. The number of aromatic hydroxyl groups is 4. The van der Waals surface area contributed by atoms with Gasteiger partial charge in [-0.2, -0.15) is 0 Å². The van der Waals surface area contributed by atoms with Crippen LogP contribution in [-0.2, 0) is 28.7 Å². The van der Waals surface area contributed by atoms with E-state index < -0.39 is 85.5 Å². The first kappa shape index (κ1) is 23.9. The van der Waals surface area contributed by atoms with Crippen molar-refractivity contribution >= 4 is 23.9 Å². The van der Waals surface area contributed by atoms with E-state index in [0.717, 1.165) is 24.3 Å². The van der Waals surface area contributed by atoms with Crippen LogP contribution in [0.25, 0.3) is 0 Å². The number of hydrogen-bond acceptors (Lipinski definition) is 10. The van der Waals surface area contributed by atoms with E-state index in [-0.39, 0.29) is 0 Å². The van der Waals surface area contributed by atoms with Crippen molar-refractivity contribution in [3.05, 3.63) is 24.3 Å². The largest absolute Gasteiger partial charge is 0.494 e. The van der Waals surface area contributed by atoms with Crippen LogP contribution in [-0.4, -0.2) is 76.9 Å². The van der Waals surface area contributed by atoms with Crippen molar-refractivity contribution in [1.82, 2.24) is 9.13 Å². The van der Waals surface area contributed by atoms with Crippen LogP contribution < -0.4 is 0 Å². The van der Waals surface area contributed by atoms with E-state index in [1.54, 1.807) is 0 Å². The third-order valence-electron chi connectivity index (χ3n) is 4.23. The zero-order valence-corrected chi connectivity index (χ0v) is 16.3. The van der Waals surface area contributed by atoms with Crippen molar-refractivity contribution < 1.29 is 59.3 Å². The summed E-state index contributed by atoms with van der Waals surface area (Å²) in [4.78, 5) is 46.6. The van der Waals surface area contributed by atoms with Crippen LogP contribution in [0.2, 0.25) is 0 Å². The molecule has 2 rings (SSSR count). The summed E-state index contributed by atoms with van der Waals surface area (Å²) in [7, 11) is 0. The van der Waals surface area contributed by atoms with Crippen LogP contribution >= 0.6 is 0 Å². The lowest BCUT2D eigenvalue weighted by Crippen LogP contribution is -2.27. The molecule has 6 N–H and O–H groups in total. The Bertz CT molecular complexity index is 889. The van der Waals surface area contributed by atoms with Gasteiger partial charge >= 0.3 is 23.9 Å². The summed E-state index contributed by atoms with van der Waals surface area (Å²) in [6.45, 7) is -1.15. The maximum atomic E-state index is 12.3. The first-order valence-corrected chi connectivity index (χ1v) is 8.98. The lowest BCUT2D eigenvalue weighted by atomic mass is 10.2. The zero-order valence-electron chi connectivity index (χ0n) is 16.3. The van der Waals surface area contributed by atoms with Gasteiger partial charge in [0.2, 0.25) is 0 Å². The standard InChI is InChI=1S/C18H20N2O12/c21-11-1-2-12(22)19(11)9(7-15(25)26)17(29)31-5-6-32-18(30)10(8-16(27)28)20-13(23)3-4-14(20)24/h1-4,9-10,21-24H,5-8H2,(H,25,26)(H,27,28). The Kier molecular flexibility index (Phi) is 7.55. The molecule has 2 unspecified atom stereocenters. The Hall–Kier alpha value is -4.36. The number of carbonyl (C=O) groups is 4. The number of rotatable bonds is 11. The lowest BCUT2D eigenvalue weighted by molar-refractivity contribution is -0.159. The summed E-state index contributed by atoms with van der Waals surface area (Å²) in [6.07, 6.45) is -1.66. The molecule has 2 atom stereocenters. The maximum Gasteiger partial charge on any atom is 0.330 e. The number of carboxylic acids is 2. The van der Waals surface area contributed by atoms with E-state index in [2.05, 4.69) is 0 Å². The molecule has 0 aliphatic rings. The van der Waals surface area contributed by atoms with E-state index in [1.165, 1.54) is 0 Å². The second-order valence-corrected chi connectivity index (χ2v) is 6.40. The molecule has 2 heterocycles. The van der Waals surface area contributed by atoms with E-state index >= 15 is 0 Å². The molecule has 0 saturated heterocycles. The molecule has 0 aromatic carbocycles. The predicted octanol–water partition coefficient (Wildman–Crippen LogP) is -0.0698.